The third-order valence-electron chi connectivity index (χ3n) is 6.49. The Morgan fingerprint density at radius 1 is 1.22 bits per heavy atom. The van der Waals surface area contributed by atoms with Gasteiger partial charge in [0.15, 0.2) is 0 Å². The summed E-state index contributed by atoms with van der Waals surface area (Å²) >= 11 is 0. The van der Waals surface area contributed by atoms with Crippen molar-refractivity contribution in [2.75, 3.05) is 39.4 Å². The number of piperidine rings is 1. The van der Waals surface area contributed by atoms with Gasteiger partial charge in [-0.3, -0.25) is 10.1 Å². The number of halogens is 1. The van der Waals surface area contributed by atoms with E-state index in [4.69, 9.17) is 5.73 Å². The molecule has 10 heteroatoms. The highest BCUT2D eigenvalue weighted by Crippen LogP contribution is 2.26. The number of amides is 1. The summed E-state index contributed by atoms with van der Waals surface area (Å²) in [4.78, 5) is 13.1. The van der Waals surface area contributed by atoms with E-state index in [-0.39, 0.29) is 31.2 Å². The molecule has 0 aromatic carbocycles. The predicted octanol–water partition coefficient (Wildman–Crippen LogP) is -2.78. The molecule has 4 fully saturated rings. The Bertz CT molecular complexity index is 539. The van der Waals surface area contributed by atoms with Gasteiger partial charge in [-0.25, -0.2) is 14.8 Å². The molecule has 4 heterocycles. The number of alkyl halides is 1. The van der Waals surface area contributed by atoms with Crippen LogP contribution in [-0.2, 0) is 4.79 Å². The van der Waals surface area contributed by atoms with Crippen LogP contribution in [0.2, 0.25) is 0 Å². The monoisotopic (exact) mass is 384 g/mol. The normalized spacial score (nSPS) is 46.0. The highest BCUT2D eigenvalue weighted by atomic mass is 19.1. The Hall–Kier alpha value is -0.880. The number of fused-ring (bicyclic) bond motifs is 1. The molecule has 4 rings (SSSR count). The van der Waals surface area contributed by atoms with E-state index in [1.807, 2.05) is 0 Å². The SMILES string of the molecule is CC1CNCNC1C1CCNCC1NC(=O)C1C(N)NN2CC(F)CNC12. The summed E-state index contributed by atoms with van der Waals surface area (Å²) in [6.45, 7) is 6.28. The van der Waals surface area contributed by atoms with Gasteiger partial charge in [0, 0.05) is 44.9 Å². The fourth-order valence-electron chi connectivity index (χ4n) is 5.12. The van der Waals surface area contributed by atoms with Crippen molar-refractivity contribution in [2.45, 2.75) is 43.9 Å². The van der Waals surface area contributed by atoms with Gasteiger partial charge in [-0.2, -0.15) is 0 Å². The molecule has 0 bridgehead atoms. The van der Waals surface area contributed by atoms with Crippen LogP contribution in [0.5, 0.6) is 0 Å². The van der Waals surface area contributed by atoms with Crippen molar-refractivity contribution < 1.29 is 9.18 Å². The first-order chi connectivity index (χ1) is 13.0. The lowest BCUT2D eigenvalue weighted by Crippen LogP contribution is -2.64. The average molecular weight is 385 g/mol. The van der Waals surface area contributed by atoms with E-state index >= 15 is 0 Å². The van der Waals surface area contributed by atoms with Crippen molar-refractivity contribution in [3.8, 4) is 0 Å². The van der Waals surface area contributed by atoms with Crippen LogP contribution in [0, 0.1) is 17.8 Å². The number of rotatable bonds is 3. The highest BCUT2D eigenvalue weighted by Gasteiger charge is 2.48. The summed E-state index contributed by atoms with van der Waals surface area (Å²) in [6.07, 6.45) is -0.710. The number of nitrogens with zero attached hydrogens (tertiary/aromatic N) is 1. The fraction of sp³-hybridized carbons (Fsp3) is 0.941. The van der Waals surface area contributed by atoms with Crippen LogP contribution in [-0.4, -0.2) is 80.9 Å². The first-order valence-corrected chi connectivity index (χ1v) is 10.2. The van der Waals surface area contributed by atoms with E-state index < -0.39 is 18.3 Å². The van der Waals surface area contributed by atoms with Crippen molar-refractivity contribution in [1.82, 2.24) is 37.0 Å². The summed E-state index contributed by atoms with van der Waals surface area (Å²) in [6, 6.07) is 0.439. The second kappa shape index (κ2) is 8.24. The van der Waals surface area contributed by atoms with Gasteiger partial charge in [0.1, 0.15) is 6.17 Å². The summed E-state index contributed by atoms with van der Waals surface area (Å²) in [5.74, 6) is 0.378. The molecule has 0 aliphatic carbocycles. The zero-order valence-corrected chi connectivity index (χ0v) is 15.9. The molecule has 27 heavy (non-hydrogen) atoms. The summed E-state index contributed by atoms with van der Waals surface area (Å²) in [5, 5.41) is 18.5. The molecule has 4 saturated heterocycles. The minimum atomic E-state index is -0.956. The van der Waals surface area contributed by atoms with Crippen molar-refractivity contribution in [3.05, 3.63) is 0 Å². The number of hydrogen-bond acceptors (Lipinski definition) is 8. The molecule has 4 aliphatic heterocycles. The summed E-state index contributed by atoms with van der Waals surface area (Å²) in [7, 11) is 0. The van der Waals surface area contributed by atoms with Crippen LogP contribution in [0.4, 0.5) is 4.39 Å². The Balaban J connectivity index is 1.42. The third kappa shape index (κ3) is 3.98. The minimum absolute atomic E-state index is 0.0584. The first-order valence-electron chi connectivity index (χ1n) is 10.2. The van der Waals surface area contributed by atoms with E-state index in [9.17, 15) is 9.18 Å². The van der Waals surface area contributed by atoms with Crippen LogP contribution in [0.15, 0.2) is 0 Å². The quantitative estimate of drug-likeness (QED) is 0.279. The molecule has 8 N–H and O–H groups in total. The van der Waals surface area contributed by atoms with Gasteiger partial charge in [0.25, 0.3) is 0 Å². The fourth-order valence-corrected chi connectivity index (χ4v) is 5.12. The standard InChI is InChI=1S/C17H33FN8O/c1-9-4-21-8-23-14(9)11-2-3-20-6-12(11)24-17(27)13-15(19)25-26-7-10(18)5-22-16(13)26/h9-16,20-23,25H,2-8,19H2,1H3,(H,24,27). The van der Waals surface area contributed by atoms with E-state index in [2.05, 4.69) is 38.9 Å². The molecule has 0 aromatic rings. The molecular formula is C17H33FN8O. The van der Waals surface area contributed by atoms with Gasteiger partial charge in [-0.1, -0.05) is 6.92 Å². The van der Waals surface area contributed by atoms with Crippen molar-refractivity contribution in [3.63, 3.8) is 0 Å². The number of carbonyl (C=O) groups is 1. The van der Waals surface area contributed by atoms with Gasteiger partial charge >= 0.3 is 0 Å². The van der Waals surface area contributed by atoms with Crippen molar-refractivity contribution in [1.29, 1.82) is 0 Å². The van der Waals surface area contributed by atoms with Gasteiger partial charge in [0.05, 0.1) is 18.2 Å². The molecule has 154 valence electrons. The maximum atomic E-state index is 13.6. The molecule has 4 aliphatic rings. The van der Waals surface area contributed by atoms with E-state index in [1.54, 1.807) is 5.01 Å². The van der Waals surface area contributed by atoms with Gasteiger partial charge < -0.3 is 27.0 Å². The van der Waals surface area contributed by atoms with Crippen LogP contribution in [0.1, 0.15) is 13.3 Å². The molecular weight excluding hydrogens is 351 g/mol. The van der Waals surface area contributed by atoms with E-state index in [1.165, 1.54) is 0 Å². The van der Waals surface area contributed by atoms with Crippen LogP contribution < -0.4 is 37.7 Å². The van der Waals surface area contributed by atoms with Gasteiger partial charge in [-0.15, -0.1) is 0 Å². The molecule has 9 nitrogen and oxygen atoms in total. The van der Waals surface area contributed by atoms with Crippen molar-refractivity contribution in [2.24, 2.45) is 23.5 Å². The lowest BCUT2D eigenvalue weighted by atomic mass is 9.79. The smallest absolute Gasteiger partial charge is 0.229 e. The maximum absolute atomic E-state index is 13.6. The van der Waals surface area contributed by atoms with Crippen LogP contribution in [0.3, 0.4) is 0 Å². The molecule has 8 atom stereocenters. The van der Waals surface area contributed by atoms with E-state index in [0.717, 1.165) is 32.7 Å². The summed E-state index contributed by atoms with van der Waals surface area (Å²) < 4.78 is 13.6. The zero-order chi connectivity index (χ0) is 19.0. The number of nitrogens with one attached hydrogen (secondary N) is 6. The lowest BCUT2D eigenvalue weighted by molar-refractivity contribution is -0.128. The average Bonchev–Trinajstić information content (AvgIpc) is 2.97. The summed E-state index contributed by atoms with van der Waals surface area (Å²) in [5.41, 5.74) is 9.22. The lowest BCUT2D eigenvalue weighted by Gasteiger charge is -2.43. The van der Waals surface area contributed by atoms with Crippen LogP contribution in [0.25, 0.3) is 0 Å². The number of nitrogens with two attached hydrogens (primary N) is 1. The molecule has 0 radical (unpaired) electrons. The molecule has 0 spiro atoms. The highest BCUT2D eigenvalue weighted by molar-refractivity contribution is 5.80. The van der Waals surface area contributed by atoms with Crippen molar-refractivity contribution >= 4 is 5.91 Å². The zero-order valence-electron chi connectivity index (χ0n) is 15.9. The second-order valence-corrected chi connectivity index (χ2v) is 8.39. The minimum Gasteiger partial charge on any atom is -0.351 e. The second-order valence-electron chi connectivity index (χ2n) is 8.39. The van der Waals surface area contributed by atoms with E-state index in [0.29, 0.717) is 17.9 Å². The number of hydrazine groups is 1. The van der Waals surface area contributed by atoms with Crippen LogP contribution >= 0.6 is 0 Å². The topological polar surface area (TPSA) is 119 Å². The predicted molar refractivity (Wildman–Crippen MR) is 99.9 cm³/mol. The largest absolute Gasteiger partial charge is 0.351 e. The number of hydrogen-bond donors (Lipinski definition) is 7. The third-order valence-corrected chi connectivity index (χ3v) is 6.49. The van der Waals surface area contributed by atoms with Gasteiger partial charge in [-0.05, 0) is 24.8 Å². The number of carbonyl (C=O) groups excluding carboxylic acids is 1. The Morgan fingerprint density at radius 3 is 2.89 bits per heavy atom. The maximum Gasteiger partial charge on any atom is 0.229 e. The first kappa shape index (κ1) is 19.4. The molecule has 0 saturated carbocycles. The molecule has 1 amide bonds. The Morgan fingerprint density at radius 2 is 2.07 bits per heavy atom. The Labute approximate surface area is 159 Å². The Kier molecular flexibility index (Phi) is 5.93. The molecule has 0 aromatic heterocycles. The van der Waals surface area contributed by atoms with Gasteiger partial charge in [0.2, 0.25) is 5.91 Å². The molecule has 8 unspecified atom stereocenters.